The monoisotopic (exact) mass is 393 g/mol. The van der Waals surface area contributed by atoms with Crippen molar-refractivity contribution < 1.29 is 24.3 Å². The standard InChI is InChI=1S/C19H11N3O5S/c23-15(21-12-3-1-2-11(8-12)18(26)27)10-4-5-13-14(9-10)17(25)22(16(13)24)19-20-6-7-28-19/h1-9H,(H,21,23)(H,26,27). The highest BCUT2D eigenvalue weighted by Crippen LogP contribution is 2.30. The minimum atomic E-state index is -1.11. The third kappa shape index (κ3) is 2.93. The summed E-state index contributed by atoms with van der Waals surface area (Å²) in [6.45, 7) is 0. The average molecular weight is 393 g/mol. The van der Waals surface area contributed by atoms with Crippen LogP contribution in [0.4, 0.5) is 10.8 Å². The first-order chi connectivity index (χ1) is 13.5. The molecule has 2 N–H and O–H groups in total. The zero-order chi connectivity index (χ0) is 19.8. The molecular formula is C19H11N3O5S. The molecule has 0 fully saturated rings. The Kier molecular flexibility index (Phi) is 4.21. The summed E-state index contributed by atoms with van der Waals surface area (Å²) in [6.07, 6.45) is 1.49. The number of carboxylic acids is 1. The maximum absolute atomic E-state index is 12.6. The van der Waals surface area contributed by atoms with Gasteiger partial charge in [-0.1, -0.05) is 6.07 Å². The number of aromatic nitrogens is 1. The van der Waals surface area contributed by atoms with E-state index < -0.39 is 23.7 Å². The summed E-state index contributed by atoms with van der Waals surface area (Å²) in [5, 5.41) is 13.5. The number of amides is 3. The number of carboxylic acid groups (broad SMARTS) is 1. The van der Waals surface area contributed by atoms with Crippen molar-refractivity contribution in [3.63, 3.8) is 0 Å². The summed E-state index contributed by atoms with van der Waals surface area (Å²) < 4.78 is 0. The van der Waals surface area contributed by atoms with E-state index in [1.807, 2.05) is 0 Å². The van der Waals surface area contributed by atoms with Gasteiger partial charge in [0, 0.05) is 22.8 Å². The number of rotatable bonds is 4. The van der Waals surface area contributed by atoms with Crippen LogP contribution in [-0.4, -0.2) is 33.8 Å². The Balaban J connectivity index is 1.61. The number of imide groups is 1. The van der Waals surface area contributed by atoms with E-state index in [1.165, 1.54) is 42.6 Å². The van der Waals surface area contributed by atoms with Gasteiger partial charge in [0.2, 0.25) is 0 Å². The molecular weight excluding hydrogens is 382 g/mol. The fourth-order valence-corrected chi connectivity index (χ4v) is 3.45. The number of nitrogens with one attached hydrogen (secondary N) is 1. The predicted molar refractivity (Wildman–Crippen MR) is 101 cm³/mol. The Hall–Kier alpha value is -3.85. The number of anilines is 2. The van der Waals surface area contributed by atoms with Gasteiger partial charge in [-0.25, -0.2) is 14.7 Å². The second kappa shape index (κ2) is 6.71. The maximum Gasteiger partial charge on any atom is 0.335 e. The zero-order valence-corrected chi connectivity index (χ0v) is 14.9. The second-order valence-corrected chi connectivity index (χ2v) is 6.73. The van der Waals surface area contributed by atoms with E-state index in [0.29, 0.717) is 5.69 Å². The van der Waals surface area contributed by atoms with Gasteiger partial charge in [-0.05, 0) is 36.4 Å². The number of benzene rings is 2. The number of thiazole rings is 1. The van der Waals surface area contributed by atoms with Gasteiger partial charge in [-0.15, -0.1) is 11.3 Å². The molecule has 1 aliphatic rings. The molecule has 0 aliphatic carbocycles. The number of fused-ring (bicyclic) bond motifs is 1. The van der Waals surface area contributed by atoms with Crippen LogP contribution in [0.5, 0.6) is 0 Å². The van der Waals surface area contributed by atoms with E-state index in [0.717, 1.165) is 16.2 Å². The van der Waals surface area contributed by atoms with Crippen LogP contribution in [0.15, 0.2) is 54.0 Å². The van der Waals surface area contributed by atoms with Crippen LogP contribution < -0.4 is 10.2 Å². The first-order valence-electron chi connectivity index (χ1n) is 8.03. The van der Waals surface area contributed by atoms with Crippen molar-refractivity contribution >= 4 is 45.8 Å². The largest absolute Gasteiger partial charge is 0.478 e. The van der Waals surface area contributed by atoms with Gasteiger partial charge in [0.1, 0.15) is 0 Å². The Morgan fingerprint density at radius 3 is 2.50 bits per heavy atom. The number of hydrogen-bond donors (Lipinski definition) is 2. The lowest BCUT2D eigenvalue weighted by Gasteiger charge is -2.08. The molecule has 3 aromatic rings. The molecule has 138 valence electrons. The molecule has 0 saturated heterocycles. The number of nitrogens with zero attached hydrogens (tertiary/aromatic N) is 2. The Labute approximate surface area is 162 Å². The molecule has 0 bridgehead atoms. The molecule has 8 nitrogen and oxygen atoms in total. The highest BCUT2D eigenvalue weighted by molar-refractivity contribution is 7.14. The highest BCUT2D eigenvalue weighted by atomic mass is 32.1. The van der Waals surface area contributed by atoms with Crippen molar-refractivity contribution in [3.05, 3.63) is 76.3 Å². The topological polar surface area (TPSA) is 117 Å². The molecule has 0 atom stereocenters. The lowest BCUT2D eigenvalue weighted by molar-refractivity contribution is 0.0696. The number of carbonyl (C=O) groups excluding carboxylic acids is 3. The van der Waals surface area contributed by atoms with Crippen LogP contribution in [0.3, 0.4) is 0 Å². The van der Waals surface area contributed by atoms with Crippen molar-refractivity contribution in [2.24, 2.45) is 0 Å². The van der Waals surface area contributed by atoms with Crippen molar-refractivity contribution in [3.8, 4) is 0 Å². The van der Waals surface area contributed by atoms with Crippen LogP contribution >= 0.6 is 11.3 Å². The number of hydrogen-bond acceptors (Lipinski definition) is 6. The lowest BCUT2D eigenvalue weighted by atomic mass is 10.1. The van der Waals surface area contributed by atoms with Crippen LogP contribution in [0.1, 0.15) is 41.4 Å². The first kappa shape index (κ1) is 17.6. The third-order valence-electron chi connectivity index (χ3n) is 4.13. The number of carbonyl (C=O) groups is 4. The molecule has 2 heterocycles. The number of aromatic carboxylic acids is 1. The zero-order valence-electron chi connectivity index (χ0n) is 14.1. The summed E-state index contributed by atoms with van der Waals surface area (Å²) in [4.78, 5) is 53.7. The Morgan fingerprint density at radius 1 is 1.00 bits per heavy atom. The van der Waals surface area contributed by atoms with Crippen LogP contribution in [0, 0.1) is 0 Å². The summed E-state index contributed by atoms with van der Waals surface area (Å²) >= 11 is 1.16. The van der Waals surface area contributed by atoms with Gasteiger partial charge in [0.05, 0.1) is 16.7 Å². The van der Waals surface area contributed by atoms with Crippen LogP contribution in [0.25, 0.3) is 0 Å². The van der Waals surface area contributed by atoms with Gasteiger partial charge in [-0.2, -0.15) is 0 Å². The lowest BCUT2D eigenvalue weighted by Crippen LogP contribution is -2.29. The van der Waals surface area contributed by atoms with Gasteiger partial charge in [-0.3, -0.25) is 14.4 Å². The smallest absolute Gasteiger partial charge is 0.335 e. The molecule has 3 amide bonds. The van der Waals surface area contributed by atoms with Gasteiger partial charge in [0.15, 0.2) is 5.13 Å². The summed E-state index contributed by atoms with van der Waals surface area (Å²) in [7, 11) is 0. The molecule has 0 spiro atoms. The fourth-order valence-electron chi connectivity index (χ4n) is 2.82. The van der Waals surface area contributed by atoms with Crippen molar-refractivity contribution in [2.75, 3.05) is 10.2 Å². The predicted octanol–water partition coefficient (Wildman–Crippen LogP) is 2.89. The SMILES string of the molecule is O=C(O)c1cccc(NC(=O)c2ccc3c(c2)C(=O)N(c2nccs2)C3=O)c1. The fraction of sp³-hybridized carbons (Fsp3) is 0. The molecule has 1 aromatic heterocycles. The normalized spacial score (nSPS) is 12.8. The van der Waals surface area contributed by atoms with Crippen LogP contribution in [0.2, 0.25) is 0 Å². The minimum absolute atomic E-state index is 0.0339. The van der Waals surface area contributed by atoms with E-state index in [2.05, 4.69) is 10.3 Å². The van der Waals surface area contributed by atoms with Crippen molar-refractivity contribution in [1.29, 1.82) is 0 Å². The van der Waals surface area contributed by atoms with Gasteiger partial charge >= 0.3 is 5.97 Å². The van der Waals surface area contributed by atoms with Gasteiger partial charge < -0.3 is 10.4 Å². The summed E-state index contributed by atoms with van der Waals surface area (Å²) in [6, 6.07) is 10.0. The Bertz CT molecular complexity index is 1140. The van der Waals surface area contributed by atoms with Gasteiger partial charge in [0.25, 0.3) is 17.7 Å². The maximum atomic E-state index is 12.6. The van der Waals surface area contributed by atoms with E-state index in [1.54, 1.807) is 11.4 Å². The van der Waals surface area contributed by atoms with E-state index >= 15 is 0 Å². The minimum Gasteiger partial charge on any atom is -0.478 e. The average Bonchev–Trinajstić information content (AvgIpc) is 3.29. The molecule has 0 unspecified atom stereocenters. The molecule has 9 heteroatoms. The first-order valence-corrected chi connectivity index (χ1v) is 8.90. The molecule has 4 rings (SSSR count). The van der Waals surface area contributed by atoms with E-state index in [9.17, 15) is 19.2 Å². The van der Waals surface area contributed by atoms with E-state index in [4.69, 9.17) is 5.11 Å². The molecule has 2 aromatic carbocycles. The summed E-state index contributed by atoms with van der Waals surface area (Å²) in [5.41, 5.74) is 0.821. The second-order valence-electron chi connectivity index (χ2n) is 5.86. The Morgan fingerprint density at radius 2 is 1.79 bits per heavy atom. The summed E-state index contributed by atoms with van der Waals surface area (Å²) in [5.74, 6) is -2.67. The van der Waals surface area contributed by atoms with E-state index in [-0.39, 0.29) is 27.4 Å². The quantitative estimate of drug-likeness (QED) is 0.659. The highest BCUT2D eigenvalue weighted by Gasteiger charge is 2.38. The van der Waals surface area contributed by atoms with Crippen molar-refractivity contribution in [2.45, 2.75) is 0 Å². The van der Waals surface area contributed by atoms with Crippen LogP contribution in [-0.2, 0) is 0 Å². The molecule has 0 saturated carbocycles. The van der Waals surface area contributed by atoms with Crippen molar-refractivity contribution in [1.82, 2.24) is 4.98 Å². The molecule has 1 aliphatic heterocycles. The molecule has 28 heavy (non-hydrogen) atoms. The third-order valence-corrected chi connectivity index (χ3v) is 4.88. The molecule has 0 radical (unpaired) electrons.